The molecule has 4 aromatic carbocycles. The predicted octanol–water partition coefficient (Wildman–Crippen LogP) is 6.71. The van der Waals surface area contributed by atoms with Crippen LogP contribution in [0, 0.1) is 13.8 Å². The van der Waals surface area contributed by atoms with Crippen molar-refractivity contribution in [1.82, 2.24) is 10.2 Å². The lowest BCUT2D eigenvalue weighted by Gasteiger charge is -2.36. The largest absolute Gasteiger partial charge is 0.350 e. The van der Waals surface area contributed by atoms with Crippen LogP contribution in [0.3, 0.4) is 0 Å². The Labute approximate surface area is 271 Å². The topological polar surface area (TPSA) is 86.8 Å². The Bertz CT molecular complexity index is 1740. The summed E-state index contributed by atoms with van der Waals surface area (Å²) in [5, 5.41) is 3.38. The molecule has 0 saturated heterocycles. The van der Waals surface area contributed by atoms with Gasteiger partial charge in [0.05, 0.1) is 10.6 Å². The number of nitrogens with zero attached hydrogens (tertiary/aromatic N) is 2. The molecule has 0 saturated carbocycles. The fraction of sp³-hybridized carbons (Fsp3) is 0.278. The molecule has 9 heteroatoms. The van der Waals surface area contributed by atoms with Gasteiger partial charge in [0.2, 0.25) is 11.8 Å². The van der Waals surface area contributed by atoms with Crippen molar-refractivity contribution in [2.24, 2.45) is 0 Å². The minimum atomic E-state index is -4.21. The second-order valence-corrected chi connectivity index (χ2v) is 14.4. The number of anilines is 1. The number of hydrogen-bond donors (Lipinski definition) is 1. The molecule has 0 radical (unpaired) electrons. The highest BCUT2D eigenvalue weighted by molar-refractivity contribution is 7.92. The van der Waals surface area contributed by atoms with E-state index >= 15 is 0 Å². The van der Waals surface area contributed by atoms with Gasteiger partial charge in [-0.2, -0.15) is 0 Å². The number of rotatable bonds is 11. The number of amides is 2. The van der Waals surface area contributed by atoms with Gasteiger partial charge in [-0.1, -0.05) is 90.5 Å². The van der Waals surface area contributed by atoms with E-state index in [1.807, 2.05) is 82.3 Å². The Hall–Kier alpha value is -4.14. The van der Waals surface area contributed by atoms with Gasteiger partial charge in [0.25, 0.3) is 10.0 Å². The number of hydrogen-bond acceptors (Lipinski definition) is 4. The third-order valence-corrected chi connectivity index (χ3v) is 9.43. The molecule has 1 N–H and O–H groups in total. The standard InChI is InChI=1S/C36H40ClN3O4S/c1-26-14-12-13-17-29(26)24-39(33(35(42)38-36(3,4)5)22-28-15-8-6-9-16-28)34(41)25-40(32-23-30(37)21-20-27(32)2)45(43,44)31-18-10-7-11-19-31/h6-21,23,33H,22,24-25H2,1-5H3,(H,38,42)/t33-/m1/s1. The van der Waals surface area contributed by atoms with Gasteiger partial charge in [-0.3, -0.25) is 13.9 Å². The Morgan fingerprint density at radius 3 is 2.04 bits per heavy atom. The molecule has 7 nitrogen and oxygen atoms in total. The molecule has 4 rings (SSSR count). The molecule has 0 heterocycles. The summed E-state index contributed by atoms with van der Waals surface area (Å²) >= 11 is 6.35. The molecule has 2 amide bonds. The van der Waals surface area contributed by atoms with E-state index in [1.54, 1.807) is 43.3 Å². The summed E-state index contributed by atoms with van der Waals surface area (Å²) in [4.78, 5) is 30.2. The van der Waals surface area contributed by atoms with Gasteiger partial charge in [-0.15, -0.1) is 0 Å². The van der Waals surface area contributed by atoms with Crippen LogP contribution >= 0.6 is 11.6 Å². The van der Waals surface area contributed by atoms with Crippen LogP contribution in [-0.4, -0.2) is 43.3 Å². The molecule has 0 aliphatic heterocycles. The summed E-state index contributed by atoms with van der Waals surface area (Å²) < 4.78 is 29.5. The fourth-order valence-corrected chi connectivity index (χ4v) is 6.72. The van der Waals surface area contributed by atoms with Crippen molar-refractivity contribution >= 4 is 39.1 Å². The smallest absolute Gasteiger partial charge is 0.264 e. The lowest BCUT2D eigenvalue weighted by Crippen LogP contribution is -2.56. The van der Waals surface area contributed by atoms with E-state index in [9.17, 15) is 18.0 Å². The van der Waals surface area contributed by atoms with Gasteiger partial charge in [-0.25, -0.2) is 8.42 Å². The van der Waals surface area contributed by atoms with E-state index in [0.717, 1.165) is 21.0 Å². The van der Waals surface area contributed by atoms with Crippen LogP contribution in [0.15, 0.2) is 108 Å². The van der Waals surface area contributed by atoms with Gasteiger partial charge < -0.3 is 10.2 Å². The zero-order valence-electron chi connectivity index (χ0n) is 26.3. The van der Waals surface area contributed by atoms with E-state index in [0.29, 0.717) is 10.6 Å². The first-order chi connectivity index (χ1) is 21.3. The van der Waals surface area contributed by atoms with Crippen LogP contribution in [0.25, 0.3) is 0 Å². The fourth-order valence-electron chi connectivity index (χ4n) is 5.06. The minimum Gasteiger partial charge on any atom is -0.350 e. The predicted molar refractivity (Wildman–Crippen MR) is 181 cm³/mol. The number of aryl methyl sites for hydroxylation is 2. The quantitative estimate of drug-likeness (QED) is 0.197. The zero-order valence-corrected chi connectivity index (χ0v) is 27.9. The lowest BCUT2D eigenvalue weighted by atomic mass is 10.00. The Morgan fingerprint density at radius 2 is 1.42 bits per heavy atom. The SMILES string of the molecule is Cc1ccccc1CN(C(=O)CN(c1cc(Cl)ccc1C)S(=O)(=O)c1ccccc1)[C@H](Cc1ccccc1)C(=O)NC(C)(C)C. The Morgan fingerprint density at radius 1 is 0.822 bits per heavy atom. The highest BCUT2D eigenvalue weighted by atomic mass is 35.5. The molecule has 1 atom stereocenters. The van der Waals surface area contributed by atoms with Crippen molar-refractivity contribution in [3.63, 3.8) is 0 Å². The van der Waals surface area contributed by atoms with E-state index in [2.05, 4.69) is 5.32 Å². The van der Waals surface area contributed by atoms with Gasteiger partial charge >= 0.3 is 0 Å². The highest BCUT2D eigenvalue weighted by Crippen LogP contribution is 2.30. The average Bonchev–Trinajstić information content (AvgIpc) is 2.99. The van der Waals surface area contributed by atoms with Crippen LogP contribution in [-0.2, 0) is 32.6 Å². The van der Waals surface area contributed by atoms with Crippen LogP contribution in [0.5, 0.6) is 0 Å². The monoisotopic (exact) mass is 645 g/mol. The number of nitrogens with one attached hydrogen (secondary N) is 1. The number of carbonyl (C=O) groups is 2. The maximum absolute atomic E-state index is 14.6. The maximum atomic E-state index is 14.6. The summed E-state index contributed by atoms with van der Waals surface area (Å²) in [5.41, 5.74) is 3.02. The molecular formula is C36H40ClN3O4S. The average molecular weight is 646 g/mol. The summed E-state index contributed by atoms with van der Waals surface area (Å²) in [5.74, 6) is -0.855. The van der Waals surface area contributed by atoms with Gasteiger partial charge in [-0.05, 0) is 81.1 Å². The second kappa shape index (κ2) is 14.3. The first-order valence-electron chi connectivity index (χ1n) is 14.8. The number of carbonyl (C=O) groups excluding carboxylic acids is 2. The van der Waals surface area contributed by atoms with Crippen molar-refractivity contribution in [1.29, 1.82) is 0 Å². The van der Waals surface area contributed by atoms with E-state index < -0.39 is 34.1 Å². The second-order valence-electron chi connectivity index (χ2n) is 12.1. The zero-order chi connectivity index (χ0) is 32.8. The van der Waals surface area contributed by atoms with Crippen molar-refractivity contribution in [2.75, 3.05) is 10.8 Å². The third kappa shape index (κ3) is 8.74. The summed E-state index contributed by atoms with van der Waals surface area (Å²) in [6.45, 7) is 8.92. The van der Waals surface area contributed by atoms with Crippen LogP contribution in [0.4, 0.5) is 5.69 Å². The van der Waals surface area contributed by atoms with Crippen molar-refractivity contribution in [3.8, 4) is 0 Å². The number of benzene rings is 4. The highest BCUT2D eigenvalue weighted by Gasteiger charge is 2.36. The molecule has 236 valence electrons. The molecule has 0 bridgehead atoms. The Balaban J connectivity index is 1.85. The van der Waals surface area contributed by atoms with Crippen molar-refractivity contribution in [3.05, 3.63) is 130 Å². The molecule has 4 aromatic rings. The van der Waals surface area contributed by atoms with Crippen molar-refractivity contribution < 1.29 is 18.0 Å². The first-order valence-corrected chi connectivity index (χ1v) is 16.6. The molecule has 0 unspecified atom stereocenters. The molecule has 0 aliphatic carbocycles. The molecular weight excluding hydrogens is 606 g/mol. The number of sulfonamides is 1. The molecule has 0 spiro atoms. The molecule has 0 fully saturated rings. The molecule has 45 heavy (non-hydrogen) atoms. The first kappa shape index (κ1) is 33.7. The van der Waals surface area contributed by atoms with Crippen LogP contribution in [0.2, 0.25) is 5.02 Å². The van der Waals surface area contributed by atoms with Crippen LogP contribution in [0.1, 0.15) is 43.0 Å². The lowest BCUT2D eigenvalue weighted by molar-refractivity contribution is -0.140. The minimum absolute atomic E-state index is 0.0361. The van der Waals surface area contributed by atoms with Gasteiger partial charge in [0, 0.05) is 23.5 Å². The molecule has 0 aromatic heterocycles. The van der Waals surface area contributed by atoms with E-state index in [4.69, 9.17) is 11.6 Å². The van der Waals surface area contributed by atoms with E-state index in [1.165, 1.54) is 17.0 Å². The summed E-state index contributed by atoms with van der Waals surface area (Å²) in [6.07, 6.45) is 0.238. The molecule has 0 aliphatic rings. The van der Waals surface area contributed by atoms with E-state index in [-0.39, 0.29) is 29.5 Å². The Kier molecular flexibility index (Phi) is 10.7. The van der Waals surface area contributed by atoms with Crippen LogP contribution < -0.4 is 9.62 Å². The maximum Gasteiger partial charge on any atom is 0.264 e. The third-order valence-electron chi connectivity index (χ3n) is 7.42. The normalized spacial score (nSPS) is 12.3. The summed E-state index contributed by atoms with van der Waals surface area (Å²) in [7, 11) is -4.21. The van der Waals surface area contributed by atoms with Crippen molar-refractivity contribution in [2.45, 2.75) is 64.1 Å². The van der Waals surface area contributed by atoms with Gasteiger partial charge in [0.1, 0.15) is 12.6 Å². The summed E-state index contributed by atoms with van der Waals surface area (Å²) in [6, 6.07) is 29.1. The number of halogens is 1. The van der Waals surface area contributed by atoms with Gasteiger partial charge in [0.15, 0.2) is 0 Å².